The van der Waals surface area contributed by atoms with Crippen molar-refractivity contribution in [2.75, 3.05) is 6.61 Å². The molecule has 1 aromatic carbocycles. The summed E-state index contributed by atoms with van der Waals surface area (Å²) in [5, 5.41) is 0.444. The molecule has 1 saturated heterocycles. The number of thioether (sulfide) groups is 1. The fourth-order valence-electron chi connectivity index (χ4n) is 1.51. The highest BCUT2D eigenvalue weighted by atomic mass is 32.2. The van der Waals surface area contributed by atoms with Crippen molar-refractivity contribution in [3.63, 3.8) is 0 Å². The topological polar surface area (TPSA) is 12.5 Å². The molecule has 2 rings (SSSR count). The molecule has 80 valence electrons. The second kappa shape index (κ2) is 4.42. The zero-order chi connectivity index (χ0) is 10.7. The molecule has 2 unspecified atom stereocenters. The van der Waals surface area contributed by atoms with Crippen LogP contribution in [0.25, 0.3) is 0 Å². The molecule has 1 aliphatic rings. The summed E-state index contributed by atoms with van der Waals surface area (Å²) in [4.78, 5) is 1.30. The summed E-state index contributed by atoms with van der Waals surface area (Å²) in [5.41, 5.74) is 0.112. The van der Waals surface area contributed by atoms with Crippen LogP contribution in [0.15, 0.2) is 47.9 Å². The molecule has 0 aromatic heterocycles. The van der Waals surface area contributed by atoms with E-state index in [0.717, 1.165) is 13.0 Å². The molecule has 1 nitrogen and oxygen atoms in total. The number of epoxide rings is 1. The molecule has 1 fully saturated rings. The Kier molecular flexibility index (Phi) is 3.17. The lowest BCUT2D eigenvalue weighted by molar-refractivity contribution is 0.312. The van der Waals surface area contributed by atoms with Gasteiger partial charge in [-0.3, -0.25) is 0 Å². The monoisotopic (exact) mass is 220 g/mol. The van der Waals surface area contributed by atoms with Gasteiger partial charge < -0.3 is 4.74 Å². The van der Waals surface area contributed by atoms with Crippen molar-refractivity contribution >= 4 is 11.8 Å². The summed E-state index contributed by atoms with van der Waals surface area (Å²) in [5.74, 6) is 0. The highest BCUT2D eigenvalue weighted by molar-refractivity contribution is 8.00. The van der Waals surface area contributed by atoms with Gasteiger partial charge in [0.25, 0.3) is 0 Å². The zero-order valence-corrected chi connectivity index (χ0v) is 9.80. The molecule has 1 aromatic rings. The van der Waals surface area contributed by atoms with E-state index in [1.54, 1.807) is 0 Å². The molecule has 0 aliphatic carbocycles. The molecule has 15 heavy (non-hydrogen) atoms. The van der Waals surface area contributed by atoms with Gasteiger partial charge in [-0.15, -0.1) is 18.3 Å². The molecule has 0 N–H and O–H groups in total. The SMILES string of the molecule is C=CC(CC1(C)CO1)Sc1ccccc1. The fourth-order valence-corrected chi connectivity index (χ4v) is 2.71. The van der Waals surface area contributed by atoms with Crippen LogP contribution in [0.3, 0.4) is 0 Å². The van der Waals surface area contributed by atoms with Crippen LogP contribution in [0.4, 0.5) is 0 Å². The lowest BCUT2D eigenvalue weighted by atomic mass is 10.1. The summed E-state index contributed by atoms with van der Waals surface area (Å²) < 4.78 is 5.40. The van der Waals surface area contributed by atoms with E-state index in [4.69, 9.17) is 4.74 Å². The number of hydrogen-bond donors (Lipinski definition) is 0. The van der Waals surface area contributed by atoms with E-state index in [2.05, 4.69) is 37.8 Å². The molecule has 1 aliphatic heterocycles. The maximum absolute atomic E-state index is 5.40. The van der Waals surface area contributed by atoms with Gasteiger partial charge in [-0.2, -0.15) is 0 Å². The Hall–Kier alpha value is -0.730. The van der Waals surface area contributed by atoms with Gasteiger partial charge in [-0.25, -0.2) is 0 Å². The minimum Gasteiger partial charge on any atom is -0.370 e. The van der Waals surface area contributed by atoms with Gasteiger partial charge in [0.2, 0.25) is 0 Å². The number of rotatable bonds is 5. The van der Waals surface area contributed by atoms with Crippen molar-refractivity contribution in [1.82, 2.24) is 0 Å². The molecule has 1 heterocycles. The van der Waals surface area contributed by atoms with Crippen LogP contribution < -0.4 is 0 Å². The van der Waals surface area contributed by atoms with Crippen LogP contribution in [0.1, 0.15) is 13.3 Å². The number of hydrogen-bond acceptors (Lipinski definition) is 2. The lowest BCUT2D eigenvalue weighted by Crippen LogP contribution is -2.12. The molecule has 0 bridgehead atoms. The van der Waals surface area contributed by atoms with Crippen LogP contribution in [0.5, 0.6) is 0 Å². The van der Waals surface area contributed by atoms with Crippen molar-refractivity contribution in [1.29, 1.82) is 0 Å². The quantitative estimate of drug-likeness (QED) is 0.428. The van der Waals surface area contributed by atoms with E-state index in [1.165, 1.54) is 4.90 Å². The van der Waals surface area contributed by atoms with Gasteiger partial charge in [-0.1, -0.05) is 24.3 Å². The third-order valence-electron chi connectivity index (χ3n) is 2.56. The summed E-state index contributed by atoms with van der Waals surface area (Å²) in [6.07, 6.45) is 3.07. The molecular weight excluding hydrogens is 204 g/mol. The molecule has 0 radical (unpaired) electrons. The first-order valence-corrected chi connectivity index (χ1v) is 6.08. The van der Waals surface area contributed by atoms with Gasteiger partial charge in [0.05, 0.1) is 12.2 Å². The molecule has 0 amide bonds. The van der Waals surface area contributed by atoms with Crippen molar-refractivity contribution in [3.05, 3.63) is 43.0 Å². The van der Waals surface area contributed by atoms with E-state index in [9.17, 15) is 0 Å². The summed E-state index contributed by atoms with van der Waals surface area (Å²) in [7, 11) is 0. The van der Waals surface area contributed by atoms with Gasteiger partial charge in [0.15, 0.2) is 0 Å². The predicted molar refractivity (Wildman–Crippen MR) is 65.3 cm³/mol. The van der Waals surface area contributed by atoms with Gasteiger partial charge >= 0.3 is 0 Å². The third kappa shape index (κ3) is 3.11. The predicted octanol–water partition coefficient (Wildman–Crippen LogP) is 3.51. The molecule has 0 saturated carbocycles. The second-order valence-electron chi connectivity index (χ2n) is 4.15. The van der Waals surface area contributed by atoms with Crippen LogP contribution >= 0.6 is 11.8 Å². The first kappa shape index (κ1) is 10.8. The minimum absolute atomic E-state index is 0.112. The first-order chi connectivity index (χ1) is 7.22. The van der Waals surface area contributed by atoms with Crippen LogP contribution in [-0.4, -0.2) is 17.5 Å². The normalized spacial score (nSPS) is 25.9. The summed E-state index contributed by atoms with van der Waals surface area (Å²) in [6.45, 7) is 6.95. The minimum atomic E-state index is 0.112. The maximum Gasteiger partial charge on any atom is 0.0902 e. The van der Waals surface area contributed by atoms with E-state index in [-0.39, 0.29) is 5.60 Å². The Balaban J connectivity index is 1.93. The smallest absolute Gasteiger partial charge is 0.0902 e. The third-order valence-corrected chi connectivity index (χ3v) is 3.77. The average Bonchev–Trinajstić information content (AvgIpc) is 2.97. The van der Waals surface area contributed by atoms with Gasteiger partial charge in [0.1, 0.15) is 0 Å². The van der Waals surface area contributed by atoms with E-state index >= 15 is 0 Å². The van der Waals surface area contributed by atoms with E-state index in [0.29, 0.717) is 5.25 Å². The van der Waals surface area contributed by atoms with Crippen LogP contribution in [0.2, 0.25) is 0 Å². The Morgan fingerprint density at radius 3 is 2.73 bits per heavy atom. The molecular formula is C13H16OS. The Morgan fingerprint density at radius 1 is 1.53 bits per heavy atom. The Bertz CT molecular complexity index is 330. The Morgan fingerprint density at radius 2 is 2.20 bits per heavy atom. The zero-order valence-electron chi connectivity index (χ0n) is 8.98. The first-order valence-electron chi connectivity index (χ1n) is 5.20. The maximum atomic E-state index is 5.40. The second-order valence-corrected chi connectivity index (χ2v) is 5.46. The van der Waals surface area contributed by atoms with Gasteiger partial charge in [0, 0.05) is 10.1 Å². The van der Waals surface area contributed by atoms with E-state index in [1.807, 2.05) is 23.9 Å². The fraction of sp³-hybridized carbons (Fsp3) is 0.385. The lowest BCUT2D eigenvalue weighted by Gasteiger charge is -2.14. The van der Waals surface area contributed by atoms with Crippen molar-refractivity contribution in [2.45, 2.75) is 29.1 Å². The number of ether oxygens (including phenoxy) is 1. The summed E-state index contributed by atoms with van der Waals surface area (Å²) in [6, 6.07) is 10.4. The summed E-state index contributed by atoms with van der Waals surface area (Å²) >= 11 is 1.86. The highest BCUT2D eigenvalue weighted by Gasteiger charge is 2.40. The Labute approximate surface area is 95.5 Å². The van der Waals surface area contributed by atoms with Crippen molar-refractivity contribution in [2.24, 2.45) is 0 Å². The number of benzene rings is 1. The average molecular weight is 220 g/mol. The standard InChI is InChI=1S/C13H16OS/c1-3-11(9-13(2)10-14-13)15-12-7-5-4-6-8-12/h3-8,11H,1,9-10H2,2H3. The van der Waals surface area contributed by atoms with Crippen molar-refractivity contribution < 1.29 is 4.74 Å². The molecule has 2 atom stereocenters. The molecule has 2 heteroatoms. The largest absolute Gasteiger partial charge is 0.370 e. The van der Waals surface area contributed by atoms with Gasteiger partial charge in [-0.05, 0) is 25.5 Å². The molecule has 0 spiro atoms. The van der Waals surface area contributed by atoms with Crippen molar-refractivity contribution in [3.8, 4) is 0 Å². The van der Waals surface area contributed by atoms with E-state index < -0.39 is 0 Å². The highest BCUT2D eigenvalue weighted by Crippen LogP contribution is 2.37. The van der Waals surface area contributed by atoms with Crippen LogP contribution in [-0.2, 0) is 4.74 Å². The van der Waals surface area contributed by atoms with Crippen LogP contribution in [0, 0.1) is 0 Å².